The number of methoxy groups -OCH3 is 1. The Kier molecular flexibility index (Phi) is 3.87. The predicted molar refractivity (Wildman–Crippen MR) is 55.6 cm³/mol. The molecule has 0 spiro atoms. The molecule has 0 N–H and O–H groups in total. The zero-order valence-corrected chi connectivity index (χ0v) is 10.1. The molecule has 88 valence electrons. The van der Waals surface area contributed by atoms with E-state index in [1.165, 1.54) is 0 Å². The van der Waals surface area contributed by atoms with Gasteiger partial charge in [0, 0.05) is 13.5 Å². The molecule has 0 aliphatic carbocycles. The Labute approximate surface area is 90.9 Å². The minimum Gasteiger partial charge on any atom is -0.365 e. The molecule has 4 nitrogen and oxygen atoms in total. The maximum absolute atomic E-state index is 11.2. The molecule has 0 radical (unpaired) electrons. The van der Waals surface area contributed by atoms with E-state index in [0.717, 1.165) is 0 Å². The average Bonchev–Trinajstić information content (AvgIpc) is 2.47. The second-order valence-electron chi connectivity index (χ2n) is 4.44. The summed E-state index contributed by atoms with van der Waals surface area (Å²) in [6.07, 6.45) is 0.156. The van der Waals surface area contributed by atoms with Crippen molar-refractivity contribution in [3.05, 3.63) is 0 Å². The highest BCUT2D eigenvalue weighted by Crippen LogP contribution is 2.27. The molecule has 15 heavy (non-hydrogen) atoms. The summed E-state index contributed by atoms with van der Waals surface area (Å²) in [5, 5.41) is 0. The van der Waals surface area contributed by atoms with Gasteiger partial charge >= 0.3 is 0 Å². The van der Waals surface area contributed by atoms with Gasteiger partial charge in [0.05, 0.1) is 12.2 Å². The normalized spacial score (nSPS) is 31.9. The van der Waals surface area contributed by atoms with Crippen LogP contribution in [-0.2, 0) is 19.0 Å². The lowest BCUT2D eigenvalue weighted by Gasteiger charge is -2.28. The van der Waals surface area contributed by atoms with Gasteiger partial charge in [-0.15, -0.1) is 0 Å². The summed E-state index contributed by atoms with van der Waals surface area (Å²) >= 11 is 0. The molecular weight excluding hydrogens is 196 g/mol. The topological polar surface area (TPSA) is 44.8 Å². The van der Waals surface area contributed by atoms with Crippen molar-refractivity contribution in [1.82, 2.24) is 0 Å². The second-order valence-corrected chi connectivity index (χ2v) is 4.44. The van der Waals surface area contributed by atoms with E-state index >= 15 is 0 Å². The lowest BCUT2D eigenvalue weighted by molar-refractivity contribution is -0.229. The molecule has 0 aromatic heterocycles. The van der Waals surface area contributed by atoms with Crippen molar-refractivity contribution in [3.63, 3.8) is 0 Å². The molecule has 3 unspecified atom stereocenters. The van der Waals surface area contributed by atoms with E-state index in [-0.39, 0.29) is 24.1 Å². The fourth-order valence-electron chi connectivity index (χ4n) is 1.62. The lowest BCUT2D eigenvalue weighted by Crippen LogP contribution is -2.35. The molecule has 0 aromatic rings. The van der Waals surface area contributed by atoms with Crippen LogP contribution in [0.4, 0.5) is 0 Å². The number of ketones is 1. The summed E-state index contributed by atoms with van der Waals surface area (Å²) in [6, 6.07) is 0. The standard InChI is InChI=1S/C11H20O4/c1-7(12)9-6-10(8(2)14-9)15-11(3,4)13-5/h8-10H,6H2,1-5H3. The Bertz CT molecular complexity index is 237. The van der Waals surface area contributed by atoms with Crippen LogP contribution in [0.5, 0.6) is 0 Å². The van der Waals surface area contributed by atoms with Gasteiger partial charge in [-0.3, -0.25) is 4.79 Å². The maximum Gasteiger partial charge on any atom is 0.162 e. The molecule has 1 heterocycles. The van der Waals surface area contributed by atoms with Crippen LogP contribution >= 0.6 is 0 Å². The summed E-state index contributed by atoms with van der Waals surface area (Å²) in [5.74, 6) is -0.572. The van der Waals surface area contributed by atoms with E-state index < -0.39 is 5.79 Å². The molecule has 1 rings (SSSR count). The van der Waals surface area contributed by atoms with Crippen molar-refractivity contribution in [2.45, 2.75) is 58.2 Å². The van der Waals surface area contributed by atoms with Gasteiger partial charge in [0.2, 0.25) is 0 Å². The molecule has 1 aliphatic rings. The molecule has 1 fully saturated rings. The third kappa shape index (κ3) is 3.26. The highest BCUT2D eigenvalue weighted by atomic mass is 16.7. The minimum atomic E-state index is -0.631. The molecule has 0 aromatic carbocycles. The first-order chi connectivity index (χ1) is 6.85. The van der Waals surface area contributed by atoms with Gasteiger partial charge < -0.3 is 14.2 Å². The van der Waals surface area contributed by atoms with Crippen molar-refractivity contribution in [2.24, 2.45) is 0 Å². The zero-order valence-electron chi connectivity index (χ0n) is 10.1. The number of hydrogen-bond donors (Lipinski definition) is 0. The van der Waals surface area contributed by atoms with E-state index in [4.69, 9.17) is 14.2 Å². The van der Waals surface area contributed by atoms with Crippen LogP contribution in [0.3, 0.4) is 0 Å². The number of ether oxygens (including phenoxy) is 3. The Balaban J connectivity index is 2.54. The van der Waals surface area contributed by atoms with Crippen LogP contribution in [0.1, 0.15) is 34.1 Å². The maximum atomic E-state index is 11.2. The quantitative estimate of drug-likeness (QED) is 0.668. The molecule has 0 saturated carbocycles. The molecule has 0 bridgehead atoms. The van der Waals surface area contributed by atoms with Gasteiger partial charge in [0.15, 0.2) is 11.6 Å². The molecular formula is C11H20O4. The number of rotatable bonds is 4. The monoisotopic (exact) mass is 216 g/mol. The van der Waals surface area contributed by atoms with Crippen molar-refractivity contribution >= 4 is 5.78 Å². The first-order valence-electron chi connectivity index (χ1n) is 5.24. The zero-order chi connectivity index (χ0) is 11.6. The van der Waals surface area contributed by atoms with Crippen LogP contribution in [0.25, 0.3) is 0 Å². The van der Waals surface area contributed by atoms with Crippen molar-refractivity contribution in [3.8, 4) is 0 Å². The third-order valence-corrected chi connectivity index (χ3v) is 2.73. The van der Waals surface area contributed by atoms with Gasteiger partial charge in [0.1, 0.15) is 6.10 Å². The molecule has 1 aliphatic heterocycles. The van der Waals surface area contributed by atoms with Crippen LogP contribution in [0.15, 0.2) is 0 Å². The smallest absolute Gasteiger partial charge is 0.162 e. The Hall–Kier alpha value is -0.450. The van der Waals surface area contributed by atoms with Crippen molar-refractivity contribution < 1.29 is 19.0 Å². The van der Waals surface area contributed by atoms with Gasteiger partial charge in [-0.25, -0.2) is 0 Å². The third-order valence-electron chi connectivity index (χ3n) is 2.73. The molecule has 1 saturated heterocycles. The van der Waals surface area contributed by atoms with E-state index in [1.54, 1.807) is 14.0 Å². The van der Waals surface area contributed by atoms with Crippen LogP contribution in [0.2, 0.25) is 0 Å². The fraction of sp³-hybridized carbons (Fsp3) is 0.909. The largest absolute Gasteiger partial charge is 0.365 e. The van der Waals surface area contributed by atoms with E-state index in [1.807, 2.05) is 20.8 Å². The van der Waals surface area contributed by atoms with Crippen LogP contribution in [0, 0.1) is 0 Å². The number of Topliss-reactive ketones (excluding diaryl/α,β-unsaturated/α-hetero) is 1. The van der Waals surface area contributed by atoms with Gasteiger partial charge in [0.25, 0.3) is 0 Å². The van der Waals surface area contributed by atoms with Crippen LogP contribution in [-0.4, -0.2) is 37.0 Å². The van der Waals surface area contributed by atoms with E-state index in [2.05, 4.69) is 0 Å². The van der Waals surface area contributed by atoms with Crippen molar-refractivity contribution in [1.29, 1.82) is 0 Å². The van der Waals surface area contributed by atoms with E-state index in [9.17, 15) is 4.79 Å². The number of hydrogen-bond acceptors (Lipinski definition) is 4. The summed E-state index contributed by atoms with van der Waals surface area (Å²) in [7, 11) is 1.60. The fourth-order valence-corrected chi connectivity index (χ4v) is 1.62. The summed E-state index contributed by atoms with van der Waals surface area (Å²) in [4.78, 5) is 11.2. The SMILES string of the molecule is COC(C)(C)OC1CC(C(C)=O)OC1C. The van der Waals surface area contributed by atoms with Gasteiger partial charge in [-0.2, -0.15) is 0 Å². The predicted octanol–water partition coefficient (Wildman–Crippen LogP) is 1.52. The van der Waals surface area contributed by atoms with Gasteiger partial charge in [-0.05, 0) is 27.7 Å². The average molecular weight is 216 g/mol. The first kappa shape index (κ1) is 12.6. The molecule has 0 amide bonds. The molecule has 4 heteroatoms. The summed E-state index contributed by atoms with van der Waals surface area (Å²) in [5.41, 5.74) is 0. The highest BCUT2D eigenvalue weighted by molar-refractivity contribution is 5.80. The summed E-state index contributed by atoms with van der Waals surface area (Å²) < 4.78 is 16.4. The highest BCUT2D eigenvalue weighted by Gasteiger charge is 2.38. The number of carbonyl (C=O) groups excluding carboxylic acids is 1. The minimum absolute atomic E-state index is 0.0585. The Morgan fingerprint density at radius 1 is 1.47 bits per heavy atom. The van der Waals surface area contributed by atoms with Gasteiger partial charge in [-0.1, -0.05) is 0 Å². The first-order valence-corrected chi connectivity index (χ1v) is 5.24. The molecule has 3 atom stereocenters. The van der Waals surface area contributed by atoms with Crippen LogP contribution < -0.4 is 0 Å². The Morgan fingerprint density at radius 3 is 2.47 bits per heavy atom. The lowest BCUT2D eigenvalue weighted by atomic mass is 10.1. The Morgan fingerprint density at radius 2 is 2.07 bits per heavy atom. The van der Waals surface area contributed by atoms with E-state index in [0.29, 0.717) is 6.42 Å². The van der Waals surface area contributed by atoms with Crippen molar-refractivity contribution in [2.75, 3.05) is 7.11 Å². The second kappa shape index (κ2) is 4.60. The summed E-state index contributed by atoms with van der Waals surface area (Å²) in [6.45, 7) is 7.15. The number of carbonyl (C=O) groups is 1.